The van der Waals surface area contributed by atoms with Gasteiger partial charge in [-0.1, -0.05) is 11.6 Å². The van der Waals surface area contributed by atoms with Crippen LogP contribution < -0.4 is 0 Å². The summed E-state index contributed by atoms with van der Waals surface area (Å²) in [4.78, 5) is 17.4. The average molecular weight is 205 g/mol. The molecule has 0 fully saturated rings. The fourth-order valence-electron chi connectivity index (χ4n) is 0.688. The normalized spacial score (nSPS) is 9.92. The maximum absolute atomic E-state index is 11.5. The van der Waals surface area contributed by atoms with Crippen LogP contribution in [0.15, 0.2) is 5.51 Å². The van der Waals surface area contributed by atoms with E-state index < -0.39 is 0 Å². The number of halogens is 1. The van der Waals surface area contributed by atoms with Crippen molar-refractivity contribution in [3.8, 4) is 0 Å². The summed E-state index contributed by atoms with van der Waals surface area (Å²) in [5.41, 5.74) is 1.57. The van der Waals surface area contributed by atoms with Crippen molar-refractivity contribution in [3.63, 3.8) is 0 Å². The average Bonchev–Trinajstić information content (AvgIpc) is 2.48. The third-order valence-corrected chi connectivity index (χ3v) is 2.75. The maximum atomic E-state index is 11.5. The molecule has 12 heavy (non-hydrogen) atoms. The van der Waals surface area contributed by atoms with Gasteiger partial charge in [-0.05, 0) is 6.92 Å². The lowest BCUT2D eigenvalue weighted by Gasteiger charge is -2.12. The van der Waals surface area contributed by atoms with Crippen molar-refractivity contribution in [2.75, 3.05) is 13.6 Å². The van der Waals surface area contributed by atoms with Gasteiger partial charge in [-0.3, -0.25) is 4.79 Å². The van der Waals surface area contributed by atoms with Crippen molar-refractivity contribution in [2.45, 2.75) is 6.92 Å². The molecule has 0 spiro atoms. The summed E-state index contributed by atoms with van der Waals surface area (Å²) in [5, 5.41) is 0.297. The molecule has 5 heteroatoms. The topological polar surface area (TPSA) is 33.2 Å². The summed E-state index contributed by atoms with van der Waals surface area (Å²) in [5.74, 6) is -0.0648. The van der Waals surface area contributed by atoms with E-state index in [0.717, 1.165) is 0 Å². The summed E-state index contributed by atoms with van der Waals surface area (Å²) in [6.45, 7) is 2.58. The zero-order chi connectivity index (χ0) is 9.14. The number of rotatable bonds is 2. The zero-order valence-electron chi connectivity index (χ0n) is 6.87. The molecule has 0 aliphatic heterocycles. The Balaban J connectivity index is 2.85. The molecule has 0 atom stereocenters. The second kappa shape index (κ2) is 3.87. The number of hydrogen-bond donors (Lipinski definition) is 0. The minimum Gasteiger partial charge on any atom is -0.341 e. The highest BCUT2D eigenvalue weighted by Crippen LogP contribution is 2.19. The molecule has 0 aliphatic rings. The molecule has 1 aromatic heterocycles. The Morgan fingerprint density at radius 3 is 2.92 bits per heavy atom. The largest absolute Gasteiger partial charge is 0.341 e. The Kier molecular flexibility index (Phi) is 3.05. The third-order valence-electron chi connectivity index (χ3n) is 1.54. The van der Waals surface area contributed by atoms with Crippen molar-refractivity contribution >= 4 is 28.8 Å². The fourth-order valence-corrected chi connectivity index (χ4v) is 1.68. The highest BCUT2D eigenvalue weighted by atomic mass is 35.5. The predicted octanol–water partition coefficient (Wildman–Crippen LogP) is 1.89. The summed E-state index contributed by atoms with van der Waals surface area (Å²) in [7, 11) is 1.73. The highest BCUT2D eigenvalue weighted by molar-refractivity contribution is 7.12. The van der Waals surface area contributed by atoms with Crippen molar-refractivity contribution < 1.29 is 4.79 Å². The molecular weight excluding hydrogens is 196 g/mol. The Morgan fingerprint density at radius 2 is 2.50 bits per heavy atom. The first-order valence-corrected chi connectivity index (χ1v) is 4.77. The van der Waals surface area contributed by atoms with Gasteiger partial charge in [-0.2, -0.15) is 0 Å². The molecule has 3 nitrogen and oxygen atoms in total. The van der Waals surface area contributed by atoms with E-state index in [1.54, 1.807) is 17.5 Å². The zero-order valence-corrected chi connectivity index (χ0v) is 8.45. The lowest BCUT2D eigenvalue weighted by molar-refractivity contribution is 0.0807. The molecule has 0 aliphatic carbocycles. The number of amides is 1. The van der Waals surface area contributed by atoms with E-state index >= 15 is 0 Å². The molecule has 1 rings (SSSR count). The van der Waals surface area contributed by atoms with Gasteiger partial charge < -0.3 is 4.90 Å². The van der Waals surface area contributed by atoms with Crippen LogP contribution in [0.25, 0.3) is 0 Å². The number of carbonyl (C=O) groups is 1. The first-order chi connectivity index (χ1) is 5.66. The highest BCUT2D eigenvalue weighted by Gasteiger charge is 2.15. The second-order valence-electron chi connectivity index (χ2n) is 2.29. The van der Waals surface area contributed by atoms with Gasteiger partial charge >= 0.3 is 0 Å². The van der Waals surface area contributed by atoms with E-state index in [0.29, 0.717) is 16.6 Å². The predicted molar refractivity (Wildman–Crippen MR) is 49.8 cm³/mol. The number of hydrogen-bond acceptors (Lipinski definition) is 3. The van der Waals surface area contributed by atoms with Crippen LogP contribution in [-0.4, -0.2) is 29.4 Å². The quantitative estimate of drug-likeness (QED) is 0.737. The van der Waals surface area contributed by atoms with Crippen LogP contribution in [0.4, 0.5) is 0 Å². The lowest BCUT2D eigenvalue weighted by atomic mass is 10.4. The Bertz CT molecular complexity index is 287. The molecule has 0 saturated heterocycles. The van der Waals surface area contributed by atoms with Crippen LogP contribution in [0, 0.1) is 0 Å². The van der Waals surface area contributed by atoms with Gasteiger partial charge in [0.1, 0.15) is 4.88 Å². The summed E-state index contributed by atoms with van der Waals surface area (Å²) < 4.78 is 0. The van der Waals surface area contributed by atoms with Gasteiger partial charge in [0.25, 0.3) is 5.91 Å². The molecule has 1 aromatic rings. The first-order valence-electron chi connectivity index (χ1n) is 3.51. The fraction of sp³-hybridized carbons (Fsp3) is 0.429. The van der Waals surface area contributed by atoms with Gasteiger partial charge in [0.15, 0.2) is 5.15 Å². The van der Waals surface area contributed by atoms with E-state index in [9.17, 15) is 4.79 Å². The van der Waals surface area contributed by atoms with E-state index in [1.165, 1.54) is 11.3 Å². The van der Waals surface area contributed by atoms with E-state index in [2.05, 4.69) is 4.98 Å². The molecule has 1 amide bonds. The number of carbonyl (C=O) groups excluding carboxylic acids is 1. The van der Waals surface area contributed by atoms with Crippen molar-refractivity contribution in [3.05, 3.63) is 15.5 Å². The van der Waals surface area contributed by atoms with Gasteiger partial charge in [-0.25, -0.2) is 4.98 Å². The van der Waals surface area contributed by atoms with Crippen LogP contribution in [0.1, 0.15) is 16.6 Å². The first kappa shape index (κ1) is 9.48. The van der Waals surface area contributed by atoms with Crippen molar-refractivity contribution in [1.82, 2.24) is 9.88 Å². The number of aromatic nitrogens is 1. The molecular formula is C7H9ClN2OS. The Hall–Kier alpha value is -0.610. The number of nitrogens with zero attached hydrogens (tertiary/aromatic N) is 2. The smallest absolute Gasteiger partial charge is 0.266 e. The van der Waals surface area contributed by atoms with Crippen LogP contribution in [0.3, 0.4) is 0 Å². The van der Waals surface area contributed by atoms with Gasteiger partial charge in [0.05, 0.1) is 5.51 Å². The molecule has 0 radical (unpaired) electrons. The van der Waals surface area contributed by atoms with Gasteiger partial charge in [-0.15, -0.1) is 11.3 Å². The van der Waals surface area contributed by atoms with Crippen LogP contribution in [0.2, 0.25) is 5.15 Å². The van der Waals surface area contributed by atoms with E-state index in [1.807, 2.05) is 6.92 Å². The van der Waals surface area contributed by atoms with Crippen molar-refractivity contribution in [1.29, 1.82) is 0 Å². The van der Waals surface area contributed by atoms with Gasteiger partial charge in [0.2, 0.25) is 0 Å². The Morgan fingerprint density at radius 1 is 1.83 bits per heavy atom. The Labute approximate surface area is 80.0 Å². The van der Waals surface area contributed by atoms with E-state index in [-0.39, 0.29) is 5.91 Å². The molecule has 0 N–H and O–H groups in total. The monoisotopic (exact) mass is 204 g/mol. The lowest BCUT2D eigenvalue weighted by Crippen LogP contribution is -2.25. The standard InChI is InChI=1S/C7H9ClN2OS/c1-3-10(2)7(11)5-6(8)9-4-12-5/h4H,3H2,1-2H3. The summed E-state index contributed by atoms with van der Waals surface area (Å²) >= 11 is 6.95. The van der Waals surface area contributed by atoms with Crippen LogP contribution >= 0.6 is 22.9 Å². The number of thiazole rings is 1. The second-order valence-corrected chi connectivity index (χ2v) is 3.50. The van der Waals surface area contributed by atoms with E-state index in [4.69, 9.17) is 11.6 Å². The third kappa shape index (κ3) is 1.76. The molecule has 0 saturated carbocycles. The molecule has 0 bridgehead atoms. The minimum atomic E-state index is -0.0648. The molecule has 66 valence electrons. The maximum Gasteiger partial charge on any atom is 0.266 e. The molecule has 1 heterocycles. The molecule has 0 aromatic carbocycles. The molecule has 0 unspecified atom stereocenters. The summed E-state index contributed by atoms with van der Waals surface area (Å²) in [6, 6.07) is 0. The minimum absolute atomic E-state index is 0.0648. The van der Waals surface area contributed by atoms with Crippen molar-refractivity contribution in [2.24, 2.45) is 0 Å². The van der Waals surface area contributed by atoms with Crippen LogP contribution in [0.5, 0.6) is 0 Å². The SMILES string of the molecule is CCN(C)C(=O)c1scnc1Cl. The van der Waals surface area contributed by atoms with Crippen LogP contribution in [-0.2, 0) is 0 Å². The van der Waals surface area contributed by atoms with Gasteiger partial charge in [0, 0.05) is 13.6 Å². The summed E-state index contributed by atoms with van der Waals surface area (Å²) in [6.07, 6.45) is 0.